The average molecular weight is 535 g/mol. The van der Waals surface area contributed by atoms with Gasteiger partial charge in [0.2, 0.25) is 0 Å². The SMILES string of the molecule is C[C@@H]1C(=O)O[C@H](C)[C@H]1CC(=O)[C@](C)(O)[C@H]1CC[C@@]2(O)C3=CC(=O)[C@@H]4C[C@@H](O)[C@@H](O)C[C@]4(C)[C@H]3C[C@@H](O)[C@]12C. The maximum absolute atomic E-state index is 13.6. The summed E-state index contributed by atoms with van der Waals surface area (Å²) in [7, 11) is 0. The van der Waals surface area contributed by atoms with Gasteiger partial charge in [-0.15, -0.1) is 0 Å². The van der Waals surface area contributed by atoms with E-state index in [4.69, 9.17) is 4.74 Å². The third kappa shape index (κ3) is 3.51. The molecule has 1 saturated heterocycles. The van der Waals surface area contributed by atoms with Crippen molar-refractivity contribution in [3.05, 3.63) is 11.6 Å². The van der Waals surface area contributed by atoms with E-state index < -0.39 is 75.9 Å². The number of hydrogen-bond acceptors (Lipinski definition) is 9. The van der Waals surface area contributed by atoms with Gasteiger partial charge in [-0.05, 0) is 68.9 Å². The van der Waals surface area contributed by atoms with E-state index in [9.17, 15) is 39.9 Å². The zero-order valence-corrected chi connectivity index (χ0v) is 22.9. The first-order valence-electron chi connectivity index (χ1n) is 14.0. The van der Waals surface area contributed by atoms with Crippen molar-refractivity contribution >= 4 is 17.5 Å². The Kier molecular flexibility index (Phi) is 6.37. The normalized spacial score (nSPS) is 51.8. The molecule has 0 unspecified atom stereocenters. The Hall–Kier alpha value is -1.65. The van der Waals surface area contributed by atoms with Crippen molar-refractivity contribution in [3.8, 4) is 0 Å². The van der Waals surface area contributed by atoms with Crippen molar-refractivity contribution in [2.24, 2.45) is 40.4 Å². The Morgan fingerprint density at radius 2 is 1.76 bits per heavy atom. The summed E-state index contributed by atoms with van der Waals surface area (Å²) >= 11 is 0. The van der Waals surface area contributed by atoms with E-state index in [2.05, 4.69) is 0 Å². The van der Waals surface area contributed by atoms with Crippen LogP contribution in [0.3, 0.4) is 0 Å². The number of esters is 1. The second-order valence-electron chi connectivity index (χ2n) is 13.5. The Morgan fingerprint density at radius 1 is 1.11 bits per heavy atom. The maximum atomic E-state index is 13.6. The number of Topliss-reactive ketones (excluding diaryl/α,β-unsaturated/α-hetero) is 1. The Balaban J connectivity index is 1.49. The van der Waals surface area contributed by atoms with Crippen LogP contribution in [0.4, 0.5) is 0 Å². The van der Waals surface area contributed by atoms with Crippen molar-refractivity contribution in [2.45, 2.75) is 109 Å². The quantitative estimate of drug-likeness (QED) is 0.332. The maximum Gasteiger partial charge on any atom is 0.309 e. The number of allylic oxidation sites excluding steroid dienone is 1. The van der Waals surface area contributed by atoms with Gasteiger partial charge in [0.05, 0.1) is 29.8 Å². The number of carbonyl (C=O) groups excluding carboxylic acids is 3. The van der Waals surface area contributed by atoms with Crippen LogP contribution >= 0.6 is 0 Å². The molecule has 5 N–H and O–H groups in total. The van der Waals surface area contributed by atoms with Gasteiger partial charge in [0.25, 0.3) is 0 Å². The molecule has 9 nitrogen and oxygen atoms in total. The molecule has 0 radical (unpaired) electrons. The van der Waals surface area contributed by atoms with Crippen molar-refractivity contribution in [2.75, 3.05) is 0 Å². The van der Waals surface area contributed by atoms with Gasteiger partial charge in [-0.25, -0.2) is 0 Å². The molecule has 212 valence electrons. The summed E-state index contributed by atoms with van der Waals surface area (Å²) in [6, 6.07) is 0. The molecule has 0 amide bonds. The highest BCUT2D eigenvalue weighted by atomic mass is 16.6. The minimum atomic E-state index is -1.89. The Morgan fingerprint density at radius 3 is 2.37 bits per heavy atom. The summed E-state index contributed by atoms with van der Waals surface area (Å²) in [6.07, 6.45) is -1.23. The summed E-state index contributed by atoms with van der Waals surface area (Å²) in [5.74, 6) is -3.62. The number of aliphatic hydroxyl groups is 5. The minimum Gasteiger partial charge on any atom is -0.462 e. The molecule has 1 aliphatic heterocycles. The van der Waals surface area contributed by atoms with Crippen LogP contribution < -0.4 is 0 Å². The van der Waals surface area contributed by atoms with Crippen LogP contribution in [0.2, 0.25) is 0 Å². The van der Waals surface area contributed by atoms with Gasteiger partial charge in [-0.3, -0.25) is 14.4 Å². The molecule has 0 spiro atoms. The number of aliphatic hydroxyl groups excluding tert-OH is 3. The molecule has 0 aromatic heterocycles. The molecule has 38 heavy (non-hydrogen) atoms. The summed E-state index contributed by atoms with van der Waals surface area (Å²) < 4.78 is 5.27. The number of cyclic esters (lactones) is 1. The van der Waals surface area contributed by atoms with Crippen molar-refractivity contribution in [1.82, 2.24) is 0 Å². The smallest absolute Gasteiger partial charge is 0.309 e. The third-order valence-electron chi connectivity index (χ3n) is 11.8. The third-order valence-corrected chi connectivity index (χ3v) is 11.8. The van der Waals surface area contributed by atoms with E-state index in [0.29, 0.717) is 5.57 Å². The molecule has 9 heteroatoms. The molecule has 0 aromatic carbocycles. The highest BCUT2D eigenvalue weighted by molar-refractivity contribution is 5.95. The lowest BCUT2D eigenvalue weighted by Gasteiger charge is -2.62. The fraction of sp³-hybridized carbons (Fsp3) is 0.828. The van der Waals surface area contributed by atoms with E-state index in [0.717, 1.165) is 0 Å². The molecule has 13 atom stereocenters. The second-order valence-corrected chi connectivity index (χ2v) is 13.5. The van der Waals surface area contributed by atoms with E-state index in [1.54, 1.807) is 20.8 Å². The monoisotopic (exact) mass is 534 g/mol. The van der Waals surface area contributed by atoms with Crippen LogP contribution in [-0.2, 0) is 19.1 Å². The zero-order chi connectivity index (χ0) is 28.2. The largest absolute Gasteiger partial charge is 0.462 e. The van der Waals surface area contributed by atoms with Crippen LogP contribution in [0, 0.1) is 40.4 Å². The predicted molar refractivity (Wildman–Crippen MR) is 134 cm³/mol. The number of hydrogen-bond donors (Lipinski definition) is 5. The lowest BCUT2D eigenvalue weighted by molar-refractivity contribution is -0.198. The highest BCUT2D eigenvalue weighted by Crippen LogP contribution is 2.68. The molecule has 4 aliphatic carbocycles. The van der Waals surface area contributed by atoms with Crippen LogP contribution in [0.5, 0.6) is 0 Å². The van der Waals surface area contributed by atoms with E-state index in [-0.39, 0.29) is 56.2 Å². The van der Waals surface area contributed by atoms with Crippen LogP contribution in [0.1, 0.15) is 73.1 Å². The molecule has 0 bridgehead atoms. The first kappa shape index (κ1) is 27.9. The lowest BCUT2D eigenvalue weighted by Crippen LogP contribution is -2.67. The van der Waals surface area contributed by atoms with Crippen LogP contribution in [-0.4, -0.2) is 78.7 Å². The minimum absolute atomic E-state index is 0.0635. The number of rotatable bonds is 4. The lowest BCUT2D eigenvalue weighted by atomic mass is 9.45. The summed E-state index contributed by atoms with van der Waals surface area (Å²) in [4.78, 5) is 38.9. The molecule has 4 fully saturated rings. The van der Waals surface area contributed by atoms with Crippen molar-refractivity contribution < 1.29 is 44.7 Å². The van der Waals surface area contributed by atoms with Crippen LogP contribution in [0.25, 0.3) is 0 Å². The van der Waals surface area contributed by atoms with Crippen molar-refractivity contribution in [3.63, 3.8) is 0 Å². The van der Waals surface area contributed by atoms with E-state index in [1.807, 2.05) is 6.92 Å². The van der Waals surface area contributed by atoms with Gasteiger partial charge in [0.15, 0.2) is 11.6 Å². The first-order valence-corrected chi connectivity index (χ1v) is 14.0. The Bertz CT molecular complexity index is 1080. The number of ketones is 2. The molecule has 1 heterocycles. The van der Waals surface area contributed by atoms with Crippen molar-refractivity contribution in [1.29, 1.82) is 0 Å². The standard InChI is InChI=1S/C29H42O9/c1-13-15(14(2)38-25(13)35)8-24(34)28(5,36)22-6-7-29(37)17-9-19(30)18-10-20(31)21(32)12-26(18,3)16(17)11-23(33)27(22,29)4/h9,13-16,18,20-23,31-33,36-37H,6-8,10-12H2,1-5H3/t13-,14+,15-,16-,18-,20+,21-,22-,23+,26+,27-,28+,29+/m0/s1. The first-order chi connectivity index (χ1) is 17.5. The predicted octanol–water partition coefficient (Wildman–Crippen LogP) is 1.07. The zero-order valence-electron chi connectivity index (χ0n) is 22.9. The second kappa shape index (κ2) is 8.67. The molecular weight excluding hydrogens is 492 g/mol. The molecule has 0 aromatic rings. The van der Waals surface area contributed by atoms with Gasteiger partial charge in [0.1, 0.15) is 11.7 Å². The fourth-order valence-electron chi connectivity index (χ4n) is 9.16. The summed E-state index contributed by atoms with van der Waals surface area (Å²) in [5.41, 5.74) is -5.10. The van der Waals surface area contributed by atoms with E-state index in [1.165, 1.54) is 13.0 Å². The average Bonchev–Trinajstić information content (AvgIpc) is 3.25. The number of fused-ring (bicyclic) bond motifs is 5. The van der Waals surface area contributed by atoms with Gasteiger partial charge >= 0.3 is 5.97 Å². The topological polar surface area (TPSA) is 162 Å². The van der Waals surface area contributed by atoms with Crippen LogP contribution in [0.15, 0.2) is 11.6 Å². The number of carbonyl (C=O) groups is 3. The number of ether oxygens (including phenoxy) is 1. The molecule has 5 rings (SSSR count). The fourth-order valence-corrected chi connectivity index (χ4v) is 9.16. The Labute approximate surface area is 223 Å². The summed E-state index contributed by atoms with van der Waals surface area (Å²) in [5, 5.41) is 56.5. The van der Waals surface area contributed by atoms with E-state index >= 15 is 0 Å². The van der Waals surface area contributed by atoms with Gasteiger partial charge in [0, 0.05) is 29.6 Å². The van der Waals surface area contributed by atoms with Gasteiger partial charge in [-0.1, -0.05) is 20.8 Å². The highest BCUT2D eigenvalue weighted by Gasteiger charge is 2.72. The molecular formula is C29H42O9. The summed E-state index contributed by atoms with van der Waals surface area (Å²) in [6.45, 7) is 8.46. The van der Waals surface area contributed by atoms with Gasteiger partial charge in [-0.2, -0.15) is 0 Å². The molecule has 3 saturated carbocycles. The van der Waals surface area contributed by atoms with Gasteiger partial charge < -0.3 is 30.3 Å². The molecule has 5 aliphatic rings.